The molecule has 0 saturated carbocycles. The molecule has 4 heterocycles. The quantitative estimate of drug-likeness (QED) is 0.467. The predicted molar refractivity (Wildman–Crippen MR) is 43.1 cm³/mol. The Morgan fingerprint density at radius 3 is 2.40 bits per heavy atom. The SMILES string of the molecule is O=Cc1cc2[se]c3c1[se]c23. The molecule has 1 aromatic carbocycles. The van der Waals surface area contributed by atoms with E-state index in [1.807, 2.05) is 0 Å². The van der Waals surface area contributed by atoms with Crippen LogP contribution in [0.2, 0.25) is 0 Å². The van der Waals surface area contributed by atoms with Gasteiger partial charge in [0.25, 0.3) is 0 Å². The van der Waals surface area contributed by atoms with Crippen LogP contribution in [0.25, 0.3) is 17.0 Å². The van der Waals surface area contributed by atoms with E-state index in [1.54, 1.807) is 8.52 Å². The van der Waals surface area contributed by atoms with Crippen molar-refractivity contribution in [3.05, 3.63) is 11.6 Å². The molecule has 1 nitrogen and oxygen atoms in total. The summed E-state index contributed by atoms with van der Waals surface area (Å²) in [5, 5.41) is 0. The predicted octanol–water partition coefficient (Wildman–Crippen LogP) is 0.795. The van der Waals surface area contributed by atoms with E-state index in [1.165, 1.54) is 8.52 Å². The zero-order chi connectivity index (χ0) is 6.72. The fourth-order valence-corrected chi connectivity index (χ4v) is 7.46. The van der Waals surface area contributed by atoms with Gasteiger partial charge in [-0.3, -0.25) is 0 Å². The van der Waals surface area contributed by atoms with Crippen LogP contribution in [0.4, 0.5) is 0 Å². The van der Waals surface area contributed by atoms with Crippen LogP contribution in [-0.2, 0) is 0 Å². The minimum atomic E-state index is 0.579. The number of hydrogen-bond acceptors (Lipinski definition) is 1. The first-order valence-corrected chi connectivity index (χ1v) is 6.34. The molecule has 48 valence electrons. The van der Waals surface area contributed by atoms with Gasteiger partial charge in [0.1, 0.15) is 0 Å². The van der Waals surface area contributed by atoms with Crippen LogP contribution in [0.5, 0.6) is 0 Å². The Hall–Kier alpha value is -0.0710. The molecular weight excluding hydrogens is 258 g/mol. The molecule has 0 atom stereocenters. The van der Waals surface area contributed by atoms with Gasteiger partial charge in [0, 0.05) is 0 Å². The Labute approximate surface area is 68.8 Å². The van der Waals surface area contributed by atoms with Gasteiger partial charge < -0.3 is 0 Å². The molecule has 0 unspecified atom stereocenters. The summed E-state index contributed by atoms with van der Waals surface area (Å²) in [5.41, 5.74) is 0.980. The van der Waals surface area contributed by atoms with E-state index in [4.69, 9.17) is 0 Å². The fourth-order valence-electron chi connectivity index (χ4n) is 1.20. The average molecular weight is 260 g/mol. The Morgan fingerprint density at radius 1 is 1.20 bits per heavy atom. The van der Waals surface area contributed by atoms with Gasteiger partial charge in [-0.25, -0.2) is 0 Å². The maximum absolute atomic E-state index is 10.5. The van der Waals surface area contributed by atoms with Crippen molar-refractivity contribution < 1.29 is 4.79 Å². The monoisotopic (exact) mass is 262 g/mol. The zero-order valence-corrected chi connectivity index (χ0v) is 8.31. The first kappa shape index (κ1) is 5.56. The standard InChI is InChI=1S/C7H2OSe2/c8-2-3-1-4-6-7(9-4)5(3)10-6/h1-2H. The number of carbonyl (C=O) groups is 1. The van der Waals surface area contributed by atoms with Crippen molar-refractivity contribution in [1.29, 1.82) is 0 Å². The third-order valence-electron chi connectivity index (χ3n) is 1.73. The van der Waals surface area contributed by atoms with Crippen LogP contribution in [0.15, 0.2) is 6.07 Å². The van der Waals surface area contributed by atoms with Crippen molar-refractivity contribution in [3.8, 4) is 0 Å². The fraction of sp³-hybridized carbons (Fsp3) is 0. The van der Waals surface area contributed by atoms with Crippen molar-refractivity contribution in [2.75, 3.05) is 0 Å². The second-order valence-corrected chi connectivity index (χ2v) is 6.62. The van der Waals surface area contributed by atoms with E-state index < -0.39 is 0 Å². The summed E-state index contributed by atoms with van der Waals surface area (Å²) in [6.45, 7) is 0. The van der Waals surface area contributed by atoms with Gasteiger partial charge >= 0.3 is 68.8 Å². The first-order chi connectivity index (χ1) is 4.90. The topological polar surface area (TPSA) is 17.1 Å². The summed E-state index contributed by atoms with van der Waals surface area (Å²) < 4.78 is 6.09. The van der Waals surface area contributed by atoms with E-state index >= 15 is 0 Å². The second-order valence-electron chi connectivity index (χ2n) is 2.27. The first-order valence-electron chi connectivity index (χ1n) is 2.92. The van der Waals surface area contributed by atoms with Crippen molar-refractivity contribution in [3.63, 3.8) is 0 Å². The van der Waals surface area contributed by atoms with E-state index in [9.17, 15) is 4.79 Å². The molecule has 0 saturated heterocycles. The molecule has 0 N–H and O–H groups in total. The van der Waals surface area contributed by atoms with Crippen molar-refractivity contribution in [2.24, 2.45) is 0 Å². The second kappa shape index (κ2) is 1.57. The maximum atomic E-state index is 10.5. The molecule has 5 aromatic rings. The Balaban J connectivity index is 2.61. The van der Waals surface area contributed by atoms with E-state index in [0.717, 1.165) is 11.8 Å². The van der Waals surface area contributed by atoms with Crippen LogP contribution in [0, 0.1) is 0 Å². The average Bonchev–Trinajstić information content (AvgIpc) is 1.99. The summed E-state index contributed by atoms with van der Waals surface area (Å²) in [7, 11) is 0. The Bertz CT molecular complexity index is 465. The van der Waals surface area contributed by atoms with Gasteiger partial charge in [-0.15, -0.1) is 0 Å². The molecule has 0 amide bonds. The Morgan fingerprint density at radius 2 is 2.10 bits per heavy atom. The molecule has 0 aliphatic heterocycles. The van der Waals surface area contributed by atoms with Gasteiger partial charge in [-0.1, -0.05) is 0 Å². The van der Waals surface area contributed by atoms with Crippen LogP contribution < -0.4 is 0 Å². The molecule has 0 aliphatic carbocycles. The molecule has 4 bridgehead atoms. The third kappa shape index (κ3) is 0.425. The van der Waals surface area contributed by atoms with Crippen molar-refractivity contribution in [2.45, 2.75) is 0 Å². The molecule has 0 fully saturated rings. The normalized spacial score (nSPS) is 12.4. The molecule has 5 rings (SSSR count). The summed E-state index contributed by atoms with van der Waals surface area (Å²) in [4.78, 5) is 10.5. The van der Waals surface area contributed by atoms with E-state index in [-0.39, 0.29) is 0 Å². The summed E-state index contributed by atoms with van der Waals surface area (Å²) in [5.74, 6) is 0. The summed E-state index contributed by atoms with van der Waals surface area (Å²) in [6, 6.07) is 2.08. The van der Waals surface area contributed by atoms with Gasteiger partial charge in [0.2, 0.25) is 0 Å². The van der Waals surface area contributed by atoms with Gasteiger partial charge in [-0.2, -0.15) is 0 Å². The van der Waals surface area contributed by atoms with E-state index in [0.29, 0.717) is 29.0 Å². The van der Waals surface area contributed by atoms with Crippen LogP contribution in [-0.4, -0.2) is 35.3 Å². The number of rotatable bonds is 1. The summed E-state index contributed by atoms with van der Waals surface area (Å²) in [6.07, 6.45) is 1.00. The molecule has 10 heavy (non-hydrogen) atoms. The van der Waals surface area contributed by atoms with Crippen LogP contribution >= 0.6 is 0 Å². The number of benzene rings is 1. The Kier molecular flexibility index (Phi) is 0.872. The number of hydrogen-bond donors (Lipinski definition) is 0. The molecule has 3 heteroatoms. The third-order valence-corrected chi connectivity index (χ3v) is 8.78. The summed E-state index contributed by atoms with van der Waals surface area (Å²) >= 11 is 1.23. The zero-order valence-electron chi connectivity index (χ0n) is 4.88. The molecule has 0 radical (unpaired) electrons. The number of carbonyl (C=O) groups excluding carboxylic acids is 1. The van der Waals surface area contributed by atoms with Crippen LogP contribution in [0.1, 0.15) is 10.4 Å². The van der Waals surface area contributed by atoms with E-state index in [2.05, 4.69) is 6.07 Å². The van der Waals surface area contributed by atoms with Gasteiger partial charge in [0.05, 0.1) is 0 Å². The van der Waals surface area contributed by atoms with Gasteiger partial charge in [0.15, 0.2) is 0 Å². The van der Waals surface area contributed by atoms with Crippen molar-refractivity contribution in [1.82, 2.24) is 0 Å². The molecule has 0 spiro atoms. The van der Waals surface area contributed by atoms with Gasteiger partial charge in [-0.05, 0) is 0 Å². The molecular formula is C7H2OSe2. The molecule has 4 aromatic heterocycles. The number of aldehydes is 1. The van der Waals surface area contributed by atoms with Crippen molar-refractivity contribution >= 4 is 52.3 Å². The minimum absolute atomic E-state index is 0.579. The van der Waals surface area contributed by atoms with Crippen LogP contribution in [0.3, 0.4) is 0 Å². The molecule has 0 aliphatic rings.